The van der Waals surface area contributed by atoms with Gasteiger partial charge in [0.05, 0.1) is 47.6 Å². The molecule has 0 radical (unpaired) electrons. The molecule has 1 aliphatic rings. The molecule has 0 fully saturated rings. The van der Waals surface area contributed by atoms with Crippen LogP contribution in [-0.2, 0) is 6.54 Å². The van der Waals surface area contributed by atoms with Gasteiger partial charge in [-0.3, -0.25) is 0 Å². The number of imidazole rings is 2. The van der Waals surface area contributed by atoms with Crippen LogP contribution in [0, 0.1) is 0 Å². The maximum Gasteiger partial charge on any atom is 0.203 e. The molecule has 0 amide bonds. The number of aromatic nitrogens is 5. The maximum absolute atomic E-state index is 7.04. The molecule has 0 spiro atoms. The fraction of sp³-hybridized carbons (Fsp3) is 0.238. The van der Waals surface area contributed by atoms with Gasteiger partial charge in [0.1, 0.15) is 17.4 Å². The van der Waals surface area contributed by atoms with Crippen molar-refractivity contribution in [3.63, 3.8) is 0 Å². The summed E-state index contributed by atoms with van der Waals surface area (Å²) in [6.07, 6.45) is 6.69. The van der Waals surface area contributed by atoms with E-state index < -0.39 is 0 Å². The fourth-order valence-electron chi connectivity index (χ4n) is 7.10. The predicted molar refractivity (Wildman–Crippen MR) is 202 cm³/mol. The minimum atomic E-state index is -0.362. The van der Waals surface area contributed by atoms with Crippen molar-refractivity contribution in [2.75, 3.05) is 13.6 Å². The standard InChI is InChI=1S/C42H43N7O/c1-4-10-34(43-3)41-46-25-36(48-41)30-15-17-33-38-22-32-21-29(35-24-45-40(47-35)26-44-19-5-2)16-18-37(32)49(38)42(50-39(33)23-30)31-14-9-13-28(20-31)27-11-7-6-8-12-27/h6-9,11-18,20-25,34,42-44H,4-5,10,19,26H2,1-3H3,(H,45,47)(H,46,48). The van der Waals surface area contributed by atoms with Crippen molar-refractivity contribution in [2.24, 2.45) is 0 Å². The van der Waals surface area contributed by atoms with Crippen LogP contribution in [0.15, 0.2) is 109 Å². The topological polar surface area (TPSA) is 95.6 Å². The second kappa shape index (κ2) is 13.8. The van der Waals surface area contributed by atoms with E-state index in [2.05, 4.69) is 141 Å². The van der Waals surface area contributed by atoms with E-state index in [0.29, 0.717) is 0 Å². The van der Waals surface area contributed by atoms with Crippen LogP contribution in [0.1, 0.15) is 62.6 Å². The molecular formula is C42H43N7O. The Morgan fingerprint density at radius 3 is 2.42 bits per heavy atom. The Bertz CT molecular complexity index is 2250. The van der Waals surface area contributed by atoms with Gasteiger partial charge in [-0.15, -0.1) is 0 Å². The van der Waals surface area contributed by atoms with Gasteiger partial charge in [-0.05, 0) is 74.0 Å². The lowest BCUT2D eigenvalue weighted by Crippen LogP contribution is -2.22. The van der Waals surface area contributed by atoms with Crippen molar-refractivity contribution >= 4 is 10.9 Å². The van der Waals surface area contributed by atoms with E-state index in [1.165, 1.54) is 5.56 Å². The van der Waals surface area contributed by atoms with E-state index in [1.807, 2.05) is 19.4 Å². The van der Waals surface area contributed by atoms with E-state index in [1.54, 1.807) is 0 Å². The molecule has 2 unspecified atom stereocenters. The molecule has 4 N–H and O–H groups in total. The number of nitrogens with zero attached hydrogens (tertiary/aromatic N) is 3. The summed E-state index contributed by atoms with van der Waals surface area (Å²) in [4.78, 5) is 16.5. The van der Waals surface area contributed by atoms with Gasteiger partial charge in [0, 0.05) is 27.6 Å². The average Bonchev–Trinajstić information content (AvgIpc) is 3.93. The Morgan fingerprint density at radius 2 is 1.58 bits per heavy atom. The van der Waals surface area contributed by atoms with Gasteiger partial charge in [-0.2, -0.15) is 0 Å². The molecule has 2 atom stereocenters. The molecule has 7 aromatic rings. The number of hydrogen-bond donors (Lipinski definition) is 4. The number of rotatable bonds is 12. The predicted octanol–water partition coefficient (Wildman–Crippen LogP) is 9.26. The number of ether oxygens (including phenoxy) is 1. The number of nitrogens with one attached hydrogen (secondary N) is 4. The third-order valence-electron chi connectivity index (χ3n) is 9.67. The van der Waals surface area contributed by atoms with Gasteiger partial charge in [0.15, 0.2) is 0 Å². The van der Waals surface area contributed by atoms with Crippen LogP contribution in [-0.4, -0.2) is 38.1 Å². The highest BCUT2D eigenvalue weighted by Crippen LogP contribution is 2.46. The Labute approximate surface area is 293 Å². The highest BCUT2D eigenvalue weighted by molar-refractivity contribution is 5.92. The van der Waals surface area contributed by atoms with E-state index in [-0.39, 0.29) is 12.3 Å². The van der Waals surface area contributed by atoms with E-state index >= 15 is 0 Å². The highest BCUT2D eigenvalue weighted by Gasteiger charge is 2.30. The fourth-order valence-corrected chi connectivity index (χ4v) is 7.10. The summed E-state index contributed by atoms with van der Waals surface area (Å²) < 4.78 is 9.38. The first-order valence-corrected chi connectivity index (χ1v) is 17.7. The van der Waals surface area contributed by atoms with Crippen molar-refractivity contribution in [1.82, 2.24) is 35.1 Å². The van der Waals surface area contributed by atoms with Gasteiger partial charge in [0.25, 0.3) is 0 Å². The Kier molecular flexibility index (Phi) is 8.79. The Balaban J connectivity index is 1.22. The minimum absolute atomic E-state index is 0.190. The second-order valence-corrected chi connectivity index (χ2v) is 13.1. The van der Waals surface area contributed by atoms with Crippen LogP contribution in [0.25, 0.3) is 55.8 Å². The summed E-state index contributed by atoms with van der Waals surface area (Å²) in [5, 5.41) is 7.97. The van der Waals surface area contributed by atoms with Crippen LogP contribution < -0.4 is 15.4 Å². The van der Waals surface area contributed by atoms with Crippen LogP contribution in [0.2, 0.25) is 0 Å². The number of hydrogen-bond acceptors (Lipinski definition) is 5. The SMILES string of the molecule is CCCNCc1ncc(-c2ccc3c(c2)cc2n3C(c3cccc(-c4ccccc4)c3)Oc3cc(-c4cnc(C(CCC)NC)[nH]4)ccc3-2)[nH]1. The lowest BCUT2D eigenvalue weighted by Gasteiger charge is -2.31. The molecule has 4 heterocycles. The lowest BCUT2D eigenvalue weighted by molar-refractivity contribution is 0.173. The van der Waals surface area contributed by atoms with E-state index in [4.69, 9.17) is 9.72 Å². The Hall–Kier alpha value is -5.44. The number of fused-ring (bicyclic) bond motifs is 5. The zero-order valence-electron chi connectivity index (χ0n) is 28.8. The maximum atomic E-state index is 7.04. The van der Waals surface area contributed by atoms with Gasteiger partial charge in [-0.25, -0.2) is 9.97 Å². The first kappa shape index (κ1) is 31.8. The molecule has 0 bridgehead atoms. The lowest BCUT2D eigenvalue weighted by atomic mass is 10.0. The zero-order chi connectivity index (χ0) is 34.0. The number of benzene rings is 4. The quantitative estimate of drug-likeness (QED) is 0.0980. The van der Waals surface area contributed by atoms with Gasteiger partial charge in [0.2, 0.25) is 6.23 Å². The summed E-state index contributed by atoms with van der Waals surface area (Å²) in [7, 11) is 1.99. The monoisotopic (exact) mass is 661 g/mol. The van der Waals surface area contributed by atoms with Crippen molar-refractivity contribution in [3.05, 3.63) is 127 Å². The van der Waals surface area contributed by atoms with Crippen LogP contribution in [0.5, 0.6) is 5.75 Å². The molecule has 4 aromatic carbocycles. The number of H-pyrrole nitrogens is 2. The zero-order valence-corrected chi connectivity index (χ0v) is 28.8. The molecule has 8 rings (SSSR count). The molecule has 0 aliphatic carbocycles. The summed E-state index contributed by atoms with van der Waals surface area (Å²) in [5.74, 6) is 2.74. The third kappa shape index (κ3) is 6.01. The van der Waals surface area contributed by atoms with Gasteiger partial charge < -0.3 is 29.9 Å². The van der Waals surface area contributed by atoms with E-state index in [9.17, 15) is 0 Å². The van der Waals surface area contributed by atoms with Crippen LogP contribution >= 0.6 is 0 Å². The molecule has 1 aliphatic heterocycles. The molecular weight excluding hydrogens is 619 g/mol. The average molecular weight is 662 g/mol. The normalized spacial score (nSPS) is 14.3. The van der Waals surface area contributed by atoms with Crippen molar-refractivity contribution < 1.29 is 4.74 Å². The summed E-state index contributed by atoms with van der Waals surface area (Å²) in [5.41, 5.74) is 10.9. The molecule has 50 heavy (non-hydrogen) atoms. The summed E-state index contributed by atoms with van der Waals surface area (Å²) >= 11 is 0. The van der Waals surface area contributed by atoms with Crippen molar-refractivity contribution in [3.8, 4) is 50.6 Å². The molecule has 252 valence electrons. The third-order valence-corrected chi connectivity index (χ3v) is 9.67. The van der Waals surface area contributed by atoms with Crippen molar-refractivity contribution in [2.45, 2.75) is 51.9 Å². The Morgan fingerprint density at radius 1 is 0.780 bits per heavy atom. The smallest absolute Gasteiger partial charge is 0.203 e. The first-order chi connectivity index (χ1) is 24.6. The first-order valence-electron chi connectivity index (χ1n) is 17.7. The van der Waals surface area contributed by atoms with E-state index in [0.717, 1.165) is 106 Å². The van der Waals surface area contributed by atoms with Crippen molar-refractivity contribution in [1.29, 1.82) is 0 Å². The summed E-state index contributed by atoms with van der Waals surface area (Å²) in [6.45, 7) is 6.06. The molecule has 0 saturated carbocycles. The minimum Gasteiger partial charge on any atom is -0.465 e. The van der Waals surface area contributed by atoms with Gasteiger partial charge >= 0.3 is 0 Å². The molecule has 8 nitrogen and oxygen atoms in total. The summed E-state index contributed by atoms with van der Waals surface area (Å²) in [6, 6.07) is 34.9. The van der Waals surface area contributed by atoms with Crippen LogP contribution in [0.3, 0.4) is 0 Å². The van der Waals surface area contributed by atoms with Gasteiger partial charge in [-0.1, -0.05) is 80.9 Å². The number of aromatic amines is 2. The second-order valence-electron chi connectivity index (χ2n) is 13.1. The van der Waals surface area contributed by atoms with Crippen LogP contribution in [0.4, 0.5) is 0 Å². The highest BCUT2D eigenvalue weighted by atomic mass is 16.5. The molecule has 3 aromatic heterocycles. The largest absolute Gasteiger partial charge is 0.465 e. The molecule has 8 heteroatoms. The molecule has 0 saturated heterocycles.